The van der Waals surface area contributed by atoms with Gasteiger partial charge in [0.25, 0.3) is 0 Å². The van der Waals surface area contributed by atoms with Crippen LogP contribution in [0.5, 0.6) is 11.5 Å². The molecule has 2 aromatic rings. The first-order chi connectivity index (χ1) is 10.6. The number of nitrogens with zero attached hydrogens (tertiary/aromatic N) is 1. The quantitative estimate of drug-likeness (QED) is 0.780. The van der Waals surface area contributed by atoms with Gasteiger partial charge in [0.05, 0.1) is 31.8 Å². The van der Waals surface area contributed by atoms with E-state index in [1.54, 1.807) is 6.20 Å². The second kappa shape index (κ2) is 7.17. The van der Waals surface area contributed by atoms with Crippen molar-refractivity contribution in [1.82, 2.24) is 4.57 Å². The maximum atomic E-state index is 11.0. The number of carboxylic acid groups (broad SMARTS) is 1. The van der Waals surface area contributed by atoms with Crippen molar-refractivity contribution in [1.29, 1.82) is 0 Å². The lowest BCUT2D eigenvalue weighted by Crippen LogP contribution is -2.02. The average molecular weight is 307 g/mol. The first-order valence-electron chi connectivity index (χ1n) is 7.34. The highest BCUT2D eigenvalue weighted by Crippen LogP contribution is 2.35. The Morgan fingerprint density at radius 2 is 1.82 bits per heavy atom. The molecule has 0 unspecified atom stereocenters. The topological polar surface area (TPSA) is 80.9 Å². The number of rotatable bonds is 8. The van der Waals surface area contributed by atoms with Crippen LogP contribution in [-0.2, 0) is 17.8 Å². The molecule has 0 aliphatic rings. The summed E-state index contributed by atoms with van der Waals surface area (Å²) in [5.74, 6) is 0.330. The summed E-state index contributed by atoms with van der Waals surface area (Å²) in [6.45, 7) is 5.16. The summed E-state index contributed by atoms with van der Waals surface area (Å²) in [5, 5.41) is 19.1. The number of carbonyl (C=O) groups is 1. The van der Waals surface area contributed by atoms with Gasteiger partial charge in [0.15, 0.2) is 11.5 Å². The van der Waals surface area contributed by atoms with Crippen molar-refractivity contribution in [2.24, 2.45) is 0 Å². The van der Waals surface area contributed by atoms with Gasteiger partial charge in [0.2, 0.25) is 0 Å². The highest BCUT2D eigenvalue weighted by atomic mass is 16.5. The average Bonchev–Trinajstić information content (AvgIpc) is 2.77. The van der Waals surface area contributed by atoms with Crippen LogP contribution in [0, 0.1) is 0 Å². The van der Waals surface area contributed by atoms with Crippen LogP contribution >= 0.6 is 0 Å². The van der Waals surface area contributed by atoms with Gasteiger partial charge in [-0.1, -0.05) is 0 Å². The Kier molecular flexibility index (Phi) is 5.27. The predicted molar refractivity (Wildman–Crippen MR) is 82.7 cm³/mol. The molecule has 0 fully saturated rings. The molecule has 0 aliphatic heterocycles. The van der Waals surface area contributed by atoms with E-state index in [-0.39, 0.29) is 13.0 Å². The molecular weight excluding hydrogens is 286 g/mol. The third-order valence-corrected chi connectivity index (χ3v) is 3.31. The highest BCUT2D eigenvalue weighted by molar-refractivity contribution is 5.90. The molecule has 0 bridgehead atoms. The molecule has 120 valence electrons. The Morgan fingerprint density at radius 3 is 2.36 bits per heavy atom. The smallest absolute Gasteiger partial charge is 0.307 e. The van der Waals surface area contributed by atoms with Crippen LogP contribution in [0.25, 0.3) is 10.9 Å². The molecule has 2 N–H and O–H groups in total. The molecule has 0 saturated heterocycles. The lowest BCUT2D eigenvalue weighted by molar-refractivity contribution is -0.136. The van der Waals surface area contributed by atoms with Crippen molar-refractivity contribution >= 4 is 16.9 Å². The van der Waals surface area contributed by atoms with Gasteiger partial charge in [0, 0.05) is 24.2 Å². The van der Waals surface area contributed by atoms with Gasteiger partial charge in [-0.3, -0.25) is 4.79 Å². The molecule has 1 aromatic carbocycles. The summed E-state index contributed by atoms with van der Waals surface area (Å²) in [4.78, 5) is 11.0. The maximum Gasteiger partial charge on any atom is 0.307 e. The van der Waals surface area contributed by atoms with E-state index in [9.17, 15) is 9.90 Å². The number of aliphatic hydroxyl groups is 1. The van der Waals surface area contributed by atoms with E-state index in [4.69, 9.17) is 14.6 Å². The number of aliphatic hydroxyl groups excluding tert-OH is 1. The van der Waals surface area contributed by atoms with Crippen LogP contribution in [0.4, 0.5) is 0 Å². The molecular formula is C16H21NO5. The zero-order valence-electron chi connectivity index (χ0n) is 12.8. The van der Waals surface area contributed by atoms with E-state index in [0.29, 0.717) is 36.8 Å². The largest absolute Gasteiger partial charge is 0.490 e. The molecule has 22 heavy (non-hydrogen) atoms. The van der Waals surface area contributed by atoms with E-state index in [1.165, 1.54) is 0 Å². The predicted octanol–water partition coefficient (Wildman–Crippen LogP) is 2.06. The normalized spacial score (nSPS) is 10.9. The van der Waals surface area contributed by atoms with E-state index in [2.05, 4.69) is 0 Å². The molecule has 0 aliphatic carbocycles. The van der Waals surface area contributed by atoms with Gasteiger partial charge >= 0.3 is 5.97 Å². The zero-order valence-corrected chi connectivity index (χ0v) is 12.8. The molecule has 2 rings (SSSR count). The lowest BCUT2D eigenvalue weighted by Gasteiger charge is -2.12. The van der Waals surface area contributed by atoms with Crippen LogP contribution < -0.4 is 9.47 Å². The van der Waals surface area contributed by atoms with Gasteiger partial charge in [-0.25, -0.2) is 0 Å². The molecule has 1 aromatic heterocycles. The molecule has 6 heteroatoms. The SMILES string of the molecule is CCOc1cc2c(CC(=O)O)cn(CCO)c2cc1OCC. The molecule has 0 radical (unpaired) electrons. The number of hydrogen-bond acceptors (Lipinski definition) is 4. The number of ether oxygens (including phenoxy) is 2. The van der Waals surface area contributed by atoms with E-state index >= 15 is 0 Å². The number of benzene rings is 1. The Labute approximate surface area is 128 Å². The minimum atomic E-state index is -0.894. The number of carboxylic acids is 1. The summed E-state index contributed by atoms with van der Waals surface area (Å²) in [7, 11) is 0. The molecule has 1 heterocycles. The molecule has 0 saturated carbocycles. The monoisotopic (exact) mass is 307 g/mol. The van der Waals surface area contributed by atoms with Gasteiger partial charge in [-0.05, 0) is 25.5 Å². The Hall–Kier alpha value is -2.21. The maximum absolute atomic E-state index is 11.0. The van der Waals surface area contributed by atoms with E-state index in [0.717, 1.165) is 10.9 Å². The van der Waals surface area contributed by atoms with Gasteiger partial charge in [0.1, 0.15) is 0 Å². The van der Waals surface area contributed by atoms with Crippen LogP contribution in [0.2, 0.25) is 0 Å². The number of fused-ring (bicyclic) bond motifs is 1. The summed E-state index contributed by atoms with van der Waals surface area (Å²) in [5.41, 5.74) is 1.53. The van der Waals surface area contributed by atoms with Crippen LogP contribution in [0.1, 0.15) is 19.4 Å². The molecule has 0 spiro atoms. The molecule has 0 amide bonds. The summed E-state index contributed by atoms with van der Waals surface area (Å²) in [6, 6.07) is 3.65. The van der Waals surface area contributed by atoms with Crippen LogP contribution in [0.3, 0.4) is 0 Å². The van der Waals surface area contributed by atoms with E-state index < -0.39 is 5.97 Å². The van der Waals surface area contributed by atoms with Crippen molar-refractivity contribution in [3.63, 3.8) is 0 Å². The Bertz CT molecular complexity index is 662. The van der Waals surface area contributed by atoms with Crippen LogP contribution in [0.15, 0.2) is 18.3 Å². The fourth-order valence-corrected chi connectivity index (χ4v) is 2.50. The fraction of sp³-hybridized carbons (Fsp3) is 0.438. The van der Waals surface area contributed by atoms with Crippen molar-refractivity contribution in [3.8, 4) is 11.5 Å². The number of hydrogen-bond donors (Lipinski definition) is 2. The number of aromatic nitrogens is 1. The molecule has 0 atom stereocenters. The van der Waals surface area contributed by atoms with Crippen molar-refractivity contribution < 1.29 is 24.5 Å². The zero-order chi connectivity index (χ0) is 16.1. The summed E-state index contributed by atoms with van der Waals surface area (Å²) in [6.07, 6.45) is 1.69. The second-order valence-corrected chi connectivity index (χ2v) is 4.82. The third kappa shape index (κ3) is 3.33. The van der Waals surface area contributed by atoms with Gasteiger partial charge in [-0.15, -0.1) is 0 Å². The van der Waals surface area contributed by atoms with E-state index in [1.807, 2.05) is 30.5 Å². The standard InChI is InChI=1S/C16H21NO5/c1-3-21-14-8-12-11(7-16(19)20)10-17(5-6-18)13(12)9-15(14)22-4-2/h8-10,18H,3-7H2,1-2H3,(H,19,20). The van der Waals surface area contributed by atoms with Gasteiger partial charge in [-0.2, -0.15) is 0 Å². The number of aliphatic carboxylic acids is 1. The Morgan fingerprint density at radius 1 is 1.18 bits per heavy atom. The Balaban J connectivity index is 2.61. The first-order valence-corrected chi connectivity index (χ1v) is 7.34. The minimum Gasteiger partial charge on any atom is -0.490 e. The first kappa shape index (κ1) is 16.2. The van der Waals surface area contributed by atoms with Crippen molar-refractivity contribution in [3.05, 3.63) is 23.9 Å². The van der Waals surface area contributed by atoms with Crippen molar-refractivity contribution in [2.45, 2.75) is 26.8 Å². The lowest BCUT2D eigenvalue weighted by atomic mass is 10.1. The fourth-order valence-electron chi connectivity index (χ4n) is 2.50. The minimum absolute atomic E-state index is 0.0204. The van der Waals surface area contributed by atoms with Gasteiger partial charge < -0.3 is 24.3 Å². The van der Waals surface area contributed by atoms with Crippen molar-refractivity contribution in [2.75, 3.05) is 19.8 Å². The van der Waals surface area contributed by atoms with Crippen LogP contribution in [-0.4, -0.2) is 40.6 Å². The molecule has 6 nitrogen and oxygen atoms in total. The second-order valence-electron chi connectivity index (χ2n) is 4.82. The highest BCUT2D eigenvalue weighted by Gasteiger charge is 2.16. The summed E-state index contributed by atoms with van der Waals surface area (Å²) >= 11 is 0. The third-order valence-electron chi connectivity index (χ3n) is 3.31. The summed E-state index contributed by atoms with van der Waals surface area (Å²) < 4.78 is 13.0.